The maximum absolute atomic E-state index is 9.79. The van der Waals surface area contributed by atoms with Gasteiger partial charge in [0.25, 0.3) is 0 Å². The van der Waals surface area contributed by atoms with Crippen molar-refractivity contribution in [1.82, 2.24) is 20.5 Å². The number of hydrogen-bond donors (Lipinski definition) is 4. The van der Waals surface area contributed by atoms with Crippen LogP contribution in [0.1, 0.15) is 0 Å². The highest BCUT2D eigenvalue weighted by Crippen LogP contribution is 2.35. The van der Waals surface area contributed by atoms with Crippen LogP contribution in [0.25, 0.3) is 11.4 Å². The maximum atomic E-state index is 9.79. The molecule has 0 atom stereocenters. The number of hydrogen-bond acceptors (Lipinski definition) is 6. The normalized spacial score (nSPS) is 15.7. The molecule has 1 fully saturated rings. The van der Waals surface area contributed by atoms with E-state index in [1.165, 1.54) is 12.1 Å². The standard InChI is InChI=1S/C12H15N5O2/c18-8-2-1-3-9(19)10(8)11-14-12(16-15-11)17-6-4-13-5-7-17/h1-3,13,18-19H,4-7H2,(H,14,15,16). The number of benzene rings is 1. The summed E-state index contributed by atoms with van der Waals surface area (Å²) in [5.41, 5.74) is 0.274. The first-order chi connectivity index (χ1) is 9.25. The average Bonchev–Trinajstić information content (AvgIpc) is 2.89. The average molecular weight is 261 g/mol. The van der Waals surface area contributed by atoms with Crippen molar-refractivity contribution in [3.05, 3.63) is 18.2 Å². The molecule has 0 bridgehead atoms. The number of phenolic OH excluding ortho intramolecular Hbond substituents is 2. The number of aromatic nitrogens is 3. The predicted molar refractivity (Wildman–Crippen MR) is 70.2 cm³/mol. The third kappa shape index (κ3) is 2.19. The minimum absolute atomic E-state index is 0.0250. The number of anilines is 1. The second kappa shape index (κ2) is 4.77. The number of rotatable bonds is 2. The number of aromatic amines is 1. The quantitative estimate of drug-likeness (QED) is 0.620. The summed E-state index contributed by atoms with van der Waals surface area (Å²) < 4.78 is 0. The lowest BCUT2D eigenvalue weighted by Crippen LogP contribution is -2.44. The second-order valence-electron chi connectivity index (χ2n) is 4.39. The first-order valence-electron chi connectivity index (χ1n) is 6.15. The van der Waals surface area contributed by atoms with E-state index in [2.05, 4.69) is 20.5 Å². The smallest absolute Gasteiger partial charge is 0.245 e. The van der Waals surface area contributed by atoms with Crippen molar-refractivity contribution in [2.75, 3.05) is 31.1 Å². The molecule has 1 aromatic heterocycles. The van der Waals surface area contributed by atoms with E-state index in [1.54, 1.807) is 6.07 Å². The van der Waals surface area contributed by atoms with E-state index in [0.717, 1.165) is 26.2 Å². The molecule has 7 nitrogen and oxygen atoms in total. The van der Waals surface area contributed by atoms with Gasteiger partial charge in [-0.1, -0.05) is 6.07 Å². The van der Waals surface area contributed by atoms with Crippen LogP contribution in [-0.4, -0.2) is 51.6 Å². The van der Waals surface area contributed by atoms with Crippen molar-refractivity contribution >= 4 is 5.95 Å². The molecular weight excluding hydrogens is 246 g/mol. The molecular formula is C12H15N5O2. The Morgan fingerprint density at radius 1 is 1.11 bits per heavy atom. The molecule has 0 amide bonds. The number of H-pyrrole nitrogens is 1. The largest absolute Gasteiger partial charge is 0.507 e. The monoisotopic (exact) mass is 261 g/mol. The molecule has 0 aliphatic carbocycles. The number of piperazine rings is 1. The van der Waals surface area contributed by atoms with Crippen LogP contribution in [-0.2, 0) is 0 Å². The number of nitrogens with one attached hydrogen (secondary N) is 2. The van der Waals surface area contributed by atoms with E-state index in [4.69, 9.17) is 0 Å². The molecule has 3 rings (SSSR count). The summed E-state index contributed by atoms with van der Waals surface area (Å²) in [6.45, 7) is 3.46. The molecule has 1 aliphatic rings. The van der Waals surface area contributed by atoms with Crippen LogP contribution < -0.4 is 10.2 Å². The topological polar surface area (TPSA) is 97.3 Å². The zero-order valence-corrected chi connectivity index (χ0v) is 10.3. The number of nitrogens with zero attached hydrogens (tertiary/aromatic N) is 3. The minimum atomic E-state index is -0.0250. The van der Waals surface area contributed by atoms with Crippen LogP contribution in [0.4, 0.5) is 5.95 Å². The third-order valence-corrected chi connectivity index (χ3v) is 3.13. The van der Waals surface area contributed by atoms with E-state index in [9.17, 15) is 10.2 Å². The number of aromatic hydroxyl groups is 2. The van der Waals surface area contributed by atoms with Crippen LogP contribution in [0, 0.1) is 0 Å². The van der Waals surface area contributed by atoms with Gasteiger partial charge in [0.1, 0.15) is 17.1 Å². The fourth-order valence-electron chi connectivity index (χ4n) is 2.14. The van der Waals surface area contributed by atoms with Gasteiger partial charge in [-0.05, 0) is 12.1 Å². The molecule has 100 valence electrons. The Kier molecular flexibility index (Phi) is 2.96. The Hall–Kier alpha value is -2.28. The van der Waals surface area contributed by atoms with Crippen molar-refractivity contribution in [1.29, 1.82) is 0 Å². The van der Waals surface area contributed by atoms with E-state index in [1.807, 2.05) is 4.90 Å². The molecule has 7 heteroatoms. The summed E-state index contributed by atoms with van der Waals surface area (Å²) >= 11 is 0. The van der Waals surface area contributed by atoms with Gasteiger partial charge in [-0.2, -0.15) is 4.98 Å². The van der Waals surface area contributed by atoms with Crippen LogP contribution >= 0.6 is 0 Å². The zero-order chi connectivity index (χ0) is 13.2. The molecule has 2 heterocycles. The van der Waals surface area contributed by atoms with E-state index in [-0.39, 0.29) is 17.1 Å². The summed E-state index contributed by atoms with van der Waals surface area (Å²) in [6, 6.07) is 4.58. The van der Waals surface area contributed by atoms with E-state index < -0.39 is 0 Å². The van der Waals surface area contributed by atoms with Crippen molar-refractivity contribution in [2.45, 2.75) is 0 Å². The van der Waals surface area contributed by atoms with Gasteiger partial charge in [0, 0.05) is 26.2 Å². The SMILES string of the molecule is Oc1cccc(O)c1-c1nc(N2CCNCC2)n[nH]1. The van der Waals surface area contributed by atoms with Crippen LogP contribution in [0.5, 0.6) is 11.5 Å². The Labute approximate surface area is 109 Å². The first-order valence-corrected chi connectivity index (χ1v) is 6.15. The molecule has 0 saturated carbocycles. The highest BCUT2D eigenvalue weighted by atomic mass is 16.3. The van der Waals surface area contributed by atoms with E-state index in [0.29, 0.717) is 11.8 Å². The zero-order valence-electron chi connectivity index (χ0n) is 10.3. The van der Waals surface area contributed by atoms with Gasteiger partial charge in [0.15, 0.2) is 5.82 Å². The lowest BCUT2D eigenvalue weighted by molar-refractivity contribution is 0.453. The van der Waals surface area contributed by atoms with Crippen molar-refractivity contribution in [3.8, 4) is 22.9 Å². The summed E-state index contributed by atoms with van der Waals surface area (Å²) in [5, 5.41) is 29.7. The van der Waals surface area contributed by atoms with Gasteiger partial charge in [-0.15, -0.1) is 5.10 Å². The highest BCUT2D eigenvalue weighted by molar-refractivity contribution is 5.71. The Bertz CT molecular complexity index is 557. The highest BCUT2D eigenvalue weighted by Gasteiger charge is 2.18. The molecule has 0 radical (unpaired) electrons. The van der Waals surface area contributed by atoms with Gasteiger partial charge in [0.05, 0.1) is 0 Å². The molecule has 2 aromatic rings. The fraction of sp³-hybridized carbons (Fsp3) is 0.333. The fourth-order valence-corrected chi connectivity index (χ4v) is 2.14. The summed E-state index contributed by atoms with van der Waals surface area (Å²) in [6.07, 6.45) is 0. The van der Waals surface area contributed by atoms with Crippen molar-refractivity contribution in [3.63, 3.8) is 0 Å². The summed E-state index contributed by atoms with van der Waals surface area (Å²) in [5.74, 6) is 0.898. The number of phenols is 2. The molecule has 4 N–H and O–H groups in total. The summed E-state index contributed by atoms with van der Waals surface area (Å²) in [7, 11) is 0. The van der Waals surface area contributed by atoms with Crippen molar-refractivity contribution in [2.24, 2.45) is 0 Å². The summed E-state index contributed by atoms with van der Waals surface area (Å²) in [4.78, 5) is 6.39. The van der Waals surface area contributed by atoms with Gasteiger partial charge in [-0.25, -0.2) is 0 Å². The Morgan fingerprint density at radius 2 is 1.79 bits per heavy atom. The Balaban J connectivity index is 1.92. The molecule has 1 saturated heterocycles. The molecule has 19 heavy (non-hydrogen) atoms. The minimum Gasteiger partial charge on any atom is -0.507 e. The van der Waals surface area contributed by atoms with E-state index >= 15 is 0 Å². The van der Waals surface area contributed by atoms with Gasteiger partial charge in [-0.3, -0.25) is 5.10 Å². The van der Waals surface area contributed by atoms with Gasteiger partial charge < -0.3 is 20.4 Å². The van der Waals surface area contributed by atoms with Gasteiger partial charge in [0.2, 0.25) is 5.95 Å². The molecule has 1 aliphatic heterocycles. The predicted octanol–water partition coefficient (Wildman–Crippen LogP) is 0.292. The second-order valence-corrected chi connectivity index (χ2v) is 4.39. The third-order valence-electron chi connectivity index (χ3n) is 3.13. The van der Waals surface area contributed by atoms with Crippen LogP contribution in [0.2, 0.25) is 0 Å². The first kappa shape index (κ1) is 11.8. The van der Waals surface area contributed by atoms with Crippen LogP contribution in [0.15, 0.2) is 18.2 Å². The lowest BCUT2D eigenvalue weighted by Gasteiger charge is -2.25. The van der Waals surface area contributed by atoms with Gasteiger partial charge >= 0.3 is 0 Å². The molecule has 0 spiro atoms. The maximum Gasteiger partial charge on any atom is 0.245 e. The Morgan fingerprint density at radius 3 is 2.47 bits per heavy atom. The molecule has 1 aromatic carbocycles. The lowest BCUT2D eigenvalue weighted by atomic mass is 10.1. The molecule has 0 unspecified atom stereocenters. The van der Waals surface area contributed by atoms with Crippen LogP contribution in [0.3, 0.4) is 0 Å². The van der Waals surface area contributed by atoms with Crippen molar-refractivity contribution < 1.29 is 10.2 Å².